The number of rotatable bonds is 11. The van der Waals surface area contributed by atoms with E-state index in [2.05, 4.69) is 6.58 Å². The van der Waals surface area contributed by atoms with Crippen LogP contribution in [0.4, 0.5) is 0 Å². The van der Waals surface area contributed by atoms with Gasteiger partial charge in [-0.25, -0.2) is 0 Å². The fourth-order valence-corrected chi connectivity index (χ4v) is 3.95. The van der Waals surface area contributed by atoms with Crippen molar-refractivity contribution in [2.75, 3.05) is 40.4 Å². The monoisotopic (exact) mass is 464 g/mol. The number of ether oxygens (including phenoxy) is 2. The van der Waals surface area contributed by atoms with E-state index in [0.29, 0.717) is 43.2 Å². The number of aliphatic hydroxyl groups is 1. The fraction of sp³-hybridized carbons (Fsp3) is 0.333. The molecule has 1 N–H and O–H groups in total. The molecule has 0 bridgehead atoms. The molecule has 0 saturated carbocycles. The van der Waals surface area contributed by atoms with Gasteiger partial charge in [0.15, 0.2) is 0 Å². The van der Waals surface area contributed by atoms with Gasteiger partial charge < -0.3 is 24.4 Å². The lowest BCUT2D eigenvalue weighted by molar-refractivity contribution is -0.139. The molecule has 0 aliphatic carbocycles. The predicted molar refractivity (Wildman–Crippen MR) is 132 cm³/mol. The summed E-state index contributed by atoms with van der Waals surface area (Å²) in [5, 5.41) is 11.2. The zero-order chi connectivity index (χ0) is 24.7. The van der Waals surface area contributed by atoms with Crippen molar-refractivity contribution in [2.24, 2.45) is 0 Å². The van der Waals surface area contributed by atoms with Crippen LogP contribution in [0.5, 0.6) is 11.5 Å². The first kappa shape index (κ1) is 25.1. The number of aliphatic hydroxyl groups excluding tert-OH is 1. The number of hydrogen-bond acceptors (Lipinski definition) is 6. The van der Waals surface area contributed by atoms with Gasteiger partial charge in [-0.1, -0.05) is 24.8 Å². The Morgan fingerprint density at radius 2 is 1.68 bits per heavy atom. The van der Waals surface area contributed by atoms with Crippen LogP contribution in [0.1, 0.15) is 30.5 Å². The van der Waals surface area contributed by atoms with Crippen LogP contribution in [0, 0.1) is 0 Å². The summed E-state index contributed by atoms with van der Waals surface area (Å²) < 4.78 is 11.0. The summed E-state index contributed by atoms with van der Waals surface area (Å²) in [5.74, 6) is -0.185. The number of ketones is 1. The molecule has 1 saturated heterocycles. The highest BCUT2D eigenvalue weighted by atomic mass is 16.5. The molecule has 1 atom stereocenters. The SMILES string of the molecule is C=CCOc1ccc(/C(O)=C2\C(=O)C(=O)N(CCCN(C)C)[C@@H]2c2ccc(OCC)cc2)cc1. The van der Waals surface area contributed by atoms with Crippen molar-refractivity contribution >= 4 is 17.4 Å². The van der Waals surface area contributed by atoms with Gasteiger partial charge in [-0.2, -0.15) is 0 Å². The Bertz CT molecular complexity index is 1040. The van der Waals surface area contributed by atoms with E-state index < -0.39 is 17.7 Å². The predicted octanol–water partition coefficient (Wildman–Crippen LogP) is 4.02. The summed E-state index contributed by atoms with van der Waals surface area (Å²) >= 11 is 0. The quantitative estimate of drug-likeness (QED) is 0.234. The molecule has 0 unspecified atom stereocenters. The Morgan fingerprint density at radius 1 is 1.06 bits per heavy atom. The minimum Gasteiger partial charge on any atom is -0.507 e. The standard InChI is InChI=1S/C27H32N2O5/c1-5-18-34-22-14-10-20(11-15-22)25(30)23-24(19-8-12-21(13-9-19)33-6-2)29(27(32)26(23)31)17-7-16-28(3)4/h5,8-15,24,30H,1,6-7,16-18H2,2-4H3/b25-23+/t24-/m1/s1. The Balaban J connectivity index is 2.01. The second-order valence-corrected chi connectivity index (χ2v) is 8.28. The normalized spacial score (nSPS) is 17.3. The largest absolute Gasteiger partial charge is 0.507 e. The summed E-state index contributed by atoms with van der Waals surface area (Å²) in [6, 6.07) is 13.4. The Hall–Kier alpha value is -3.58. The van der Waals surface area contributed by atoms with Crippen LogP contribution >= 0.6 is 0 Å². The van der Waals surface area contributed by atoms with Gasteiger partial charge in [-0.05, 0) is 75.9 Å². The Kier molecular flexibility index (Phi) is 8.49. The van der Waals surface area contributed by atoms with Gasteiger partial charge in [-0.3, -0.25) is 9.59 Å². The van der Waals surface area contributed by atoms with E-state index in [1.807, 2.05) is 50.2 Å². The third-order valence-electron chi connectivity index (χ3n) is 5.55. The Morgan fingerprint density at radius 3 is 2.26 bits per heavy atom. The molecule has 0 spiro atoms. The third-order valence-corrected chi connectivity index (χ3v) is 5.55. The van der Waals surface area contributed by atoms with Crippen molar-refractivity contribution in [2.45, 2.75) is 19.4 Å². The van der Waals surface area contributed by atoms with Crippen LogP contribution in [0.2, 0.25) is 0 Å². The topological polar surface area (TPSA) is 79.3 Å². The van der Waals surface area contributed by atoms with Crippen molar-refractivity contribution in [1.29, 1.82) is 0 Å². The van der Waals surface area contributed by atoms with E-state index in [9.17, 15) is 14.7 Å². The summed E-state index contributed by atoms with van der Waals surface area (Å²) in [6.45, 7) is 7.59. The molecule has 180 valence electrons. The Labute approximate surface area is 200 Å². The first-order chi connectivity index (χ1) is 16.4. The lowest BCUT2D eigenvalue weighted by atomic mass is 9.95. The molecule has 34 heavy (non-hydrogen) atoms. The number of likely N-dealkylation sites (tertiary alicyclic amines) is 1. The first-order valence-electron chi connectivity index (χ1n) is 11.4. The van der Waals surface area contributed by atoms with E-state index in [0.717, 1.165) is 12.1 Å². The van der Waals surface area contributed by atoms with Gasteiger partial charge in [0.2, 0.25) is 0 Å². The van der Waals surface area contributed by atoms with Gasteiger partial charge in [-0.15, -0.1) is 0 Å². The van der Waals surface area contributed by atoms with Gasteiger partial charge >= 0.3 is 0 Å². The van der Waals surface area contributed by atoms with Crippen molar-refractivity contribution in [1.82, 2.24) is 9.80 Å². The van der Waals surface area contributed by atoms with Crippen LogP contribution in [0.15, 0.2) is 66.8 Å². The average Bonchev–Trinajstić information content (AvgIpc) is 3.08. The molecule has 1 fully saturated rings. The molecule has 7 nitrogen and oxygen atoms in total. The van der Waals surface area contributed by atoms with Crippen LogP contribution in [0.3, 0.4) is 0 Å². The molecular weight excluding hydrogens is 432 g/mol. The number of Topliss-reactive ketones (excluding diaryl/α,β-unsaturated/α-hetero) is 1. The zero-order valence-electron chi connectivity index (χ0n) is 20.0. The van der Waals surface area contributed by atoms with E-state index in [1.54, 1.807) is 35.2 Å². The molecule has 1 amide bonds. The lowest BCUT2D eigenvalue weighted by Crippen LogP contribution is -2.32. The number of amides is 1. The van der Waals surface area contributed by atoms with E-state index >= 15 is 0 Å². The molecule has 1 aliphatic rings. The smallest absolute Gasteiger partial charge is 0.295 e. The summed E-state index contributed by atoms with van der Waals surface area (Å²) in [7, 11) is 3.92. The maximum atomic E-state index is 13.1. The van der Waals surface area contributed by atoms with Crippen molar-refractivity contribution < 1.29 is 24.2 Å². The van der Waals surface area contributed by atoms with E-state index in [4.69, 9.17) is 9.47 Å². The summed E-state index contributed by atoms with van der Waals surface area (Å²) in [4.78, 5) is 29.7. The molecule has 3 rings (SSSR count). The molecule has 0 radical (unpaired) electrons. The molecule has 7 heteroatoms. The van der Waals surface area contributed by atoms with Gasteiger partial charge in [0.25, 0.3) is 11.7 Å². The van der Waals surface area contributed by atoms with E-state index in [-0.39, 0.29) is 11.3 Å². The van der Waals surface area contributed by atoms with Gasteiger partial charge in [0, 0.05) is 12.1 Å². The first-order valence-corrected chi connectivity index (χ1v) is 11.4. The fourth-order valence-electron chi connectivity index (χ4n) is 3.95. The minimum atomic E-state index is -0.687. The molecule has 0 aromatic heterocycles. The molecule has 2 aromatic carbocycles. The average molecular weight is 465 g/mol. The van der Waals surface area contributed by atoms with Crippen molar-refractivity contribution in [3.63, 3.8) is 0 Å². The highest BCUT2D eigenvalue weighted by molar-refractivity contribution is 6.46. The van der Waals surface area contributed by atoms with Crippen molar-refractivity contribution in [3.8, 4) is 11.5 Å². The van der Waals surface area contributed by atoms with Crippen LogP contribution in [-0.4, -0.2) is 67.0 Å². The second-order valence-electron chi connectivity index (χ2n) is 8.28. The molecule has 1 aliphatic heterocycles. The maximum absolute atomic E-state index is 13.1. The third kappa shape index (κ3) is 5.66. The van der Waals surface area contributed by atoms with E-state index in [1.165, 1.54) is 0 Å². The highest BCUT2D eigenvalue weighted by Crippen LogP contribution is 2.40. The van der Waals surface area contributed by atoms with Crippen LogP contribution in [0.25, 0.3) is 5.76 Å². The molecular formula is C27H32N2O5. The van der Waals surface area contributed by atoms with Gasteiger partial charge in [0.1, 0.15) is 23.9 Å². The summed E-state index contributed by atoms with van der Waals surface area (Å²) in [5.41, 5.74) is 1.26. The van der Waals surface area contributed by atoms with Crippen molar-refractivity contribution in [3.05, 3.63) is 77.9 Å². The number of nitrogens with zero attached hydrogens (tertiary/aromatic N) is 2. The molecule has 2 aromatic rings. The number of carbonyl (C=O) groups is 2. The number of hydrogen-bond donors (Lipinski definition) is 1. The van der Waals surface area contributed by atoms with Crippen LogP contribution in [-0.2, 0) is 9.59 Å². The van der Waals surface area contributed by atoms with Gasteiger partial charge in [0.05, 0.1) is 18.2 Å². The minimum absolute atomic E-state index is 0.0822. The molecule has 1 heterocycles. The second kappa shape index (κ2) is 11.5. The highest BCUT2D eigenvalue weighted by Gasteiger charge is 2.45. The summed E-state index contributed by atoms with van der Waals surface area (Å²) in [6.07, 6.45) is 2.34. The van der Waals surface area contributed by atoms with Crippen LogP contribution < -0.4 is 9.47 Å². The zero-order valence-corrected chi connectivity index (χ0v) is 20.0. The lowest BCUT2D eigenvalue weighted by Gasteiger charge is -2.26. The number of benzene rings is 2. The number of carbonyl (C=O) groups excluding carboxylic acids is 2. The maximum Gasteiger partial charge on any atom is 0.295 e.